The summed E-state index contributed by atoms with van der Waals surface area (Å²) in [6.07, 6.45) is 0.692. The molecule has 1 aromatic rings. The number of nitrogens with zero attached hydrogens (tertiary/aromatic N) is 2. The number of rotatable bonds is 5. The van der Waals surface area contributed by atoms with Crippen LogP contribution in [0.2, 0.25) is 0 Å². The van der Waals surface area contributed by atoms with Crippen molar-refractivity contribution >= 4 is 18.0 Å². The van der Waals surface area contributed by atoms with E-state index in [1.807, 2.05) is 13.8 Å². The van der Waals surface area contributed by atoms with Gasteiger partial charge in [0.1, 0.15) is 5.69 Å². The predicted octanol–water partition coefficient (Wildman–Crippen LogP) is 1.89. The molecule has 0 N–H and O–H groups in total. The molecular weight excluding hydrogens is 292 g/mol. The molecule has 0 amide bonds. The highest BCUT2D eigenvalue weighted by molar-refractivity contribution is 5.97. The van der Waals surface area contributed by atoms with Crippen LogP contribution in [0.15, 0.2) is 11.0 Å². The Bertz CT molecular complexity index is 628. The molecule has 0 saturated carbocycles. The minimum absolute atomic E-state index is 0.163. The fourth-order valence-corrected chi connectivity index (χ4v) is 1.85. The van der Waals surface area contributed by atoms with Crippen molar-refractivity contribution in [2.24, 2.45) is 5.92 Å². The van der Waals surface area contributed by atoms with Gasteiger partial charge in [-0.3, -0.25) is 4.79 Å². The van der Waals surface area contributed by atoms with E-state index < -0.39 is 23.7 Å². The largest absolute Gasteiger partial charge is 0.452 e. The maximum Gasteiger partial charge on any atom is 0.422 e. The topological polar surface area (TPSA) is 96.6 Å². The van der Waals surface area contributed by atoms with Gasteiger partial charge in [0.25, 0.3) is 0 Å². The number of Topliss-reactive ketones (excluding diaryl/α,β-unsaturated/α-hetero) is 1. The fourth-order valence-electron chi connectivity index (χ4n) is 1.85. The van der Waals surface area contributed by atoms with Gasteiger partial charge in [0.15, 0.2) is 5.78 Å². The smallest absolute Gasteiger partial charge is 0.422 e. The van der Waals surface area contributed by atoms with Crippen LogP contribution in [0.4, 0.5) is 9.59 Å². The van der Waals surface area contributed by atoms with E-state index in [1.54, 1.807) is 0 Å². The molecule has 0 bridgehead atoms. The Morgan fingerprint density at radius 2 is 1.77 bits per heavy atom. The number of ketones is 1. The normalized spacial score (nSPS) is 11.8. The lowest BCUT2D eigenvalue weighted by Gasteiger charge is -2.07. The first-order valence-corrected chi connectivity index (χ1v) is 6.91. The Balaban J connectivity index is 3.22. The van der Waals surface area contributed by atoms with Gasteiger partial charge in [0.2, 0.25) is 0 Å². The first-order valence-electron chi connectivity index (χ1n) is 6.91. The van der Waals surface area contributed by atoms with Crippen LogP contribution >= 0.6 is 0 Å². The highest BCUT2D eigenvalue weighted by atomic mass is 16.5. The second-order valence-corrected chi connectivity index (χ2v) is 4.92. The molecule has 0 saturated heterocycles. The number of carbonyl (C=O) groups excluding carboxylic acids is 3. The number of hydrogen-bond donors (Lipinski definition) is 0. The van der Waals surface area contributed by atoms with E-state index in [2.05, 4.69) is 9.47 Å². The lowest BCUT2D eigenvalue weighted by Crippen LogP contribution is -2.33. The van der Waals surface area contributed by atoms with E-state index >= 15 is 0 Å². The number of methoxy groups -OCH3 is 2. The zero-order chi connectivity index (χ0) is 16.9. The summed E-state index contributed by atoms with van der Waals surface area (Å²) in [5, 5.41) is 0. The van der Waals surface area contributed by atoms with Crippen LogP contribution in [0.1, 0.15) is 43.6 Å². The SMILES string of the molecule is CCC(C)CCC(=O)c1cn(C(=O)OC)c(=O)n1C(=O)OC. The third-order valence-electron chi connectivity index (χ3n) is 3.46. The van der Waals surface area contributed by atoms with Crippen LogP contribution in [-0.2, 0) is 9.47 Å². The standard InChI is InChI=1S/C14H20N2O6/c1-5-9(2)6-7-11(17)10-8-15(13(19)21-3)12(18)16(10)14(20)22-4/h8-9H,5-7H2,1-4H3. The Hall–Kier alpha value is -2.38. The van der Waals surface area contributed by atoms with E-state index in [0.29, 0.717) is 21.5 Å². The number of imidazole rings is 1. The molecule has 1 rings (SSSR count). The molecular formula is C14H20N2O6. The second kappa shape index (κ2) is 7.58. The first kappa shape index (κ1) is 17.7. The number of carbonyl (C=O) groups is 3. The minimum Gasteiger partial charge on any atom is -0.452 e. The van der Waals surface area contributed by atoms with E-state index in [9.17, 15) is 19.2 Å². The first-order chi connectivity index (χ1) is 10.4. The van der Waals surface area contributed by atoms with Gasteiger partial charge in [0.05, 0.1) is 14.2 Å². The fraction of sp³-hybridized carbons (Fsp3) is 0.571. The summed E-state index contributed by atoms with van der Waals surface area (Å²) in [7, 11) is 2.17. The summed E-state index contributed by atoms with van der Waals surface area (Å²) in [4.78, 5) is 47.5. The quantitative estimate of drug-likeness (QED) is 0.770. The van der Waals surface area contributed by atoms with Crippen molar-refractivity contribution in [3.8, 4) is 0 Å². The molecule has 1 unspecified atom stereocenters. The van der Waals surface area contributed by atoms with E-state index in [0.717, 1.165) is 26.8 Å². The summed E-state index contributed by atoms with van der Waals surface area (Å²) in [5.74, 6) is -0.0737. The molecule has 0 spiro atoms. The molecule has 0 aliphatic heterocycles. The molecule has 0 aliphatic rings. The summed E-state index contributed by atoms with van der Waals surface area (Å²) < 4.78 is 10.0. The molecule has 1 heterocycles. The number of ether oxygens (including phenoxy) is 2. The zero-order valence-corrected chi connectivity index (χ0v) is 13.1. The maximum atomic E-state index is 12.2. The lowest BCUT2D eigenvalue weighted by molar-refractivity contribution is 0.0961. The molecule has 0 aromatic carbocycles. The molecule has 22 heavy (non-hydrogen) atoms. The minimum atomic E-state index is -1.03. The van der Waals surface area contributed by atoms with E-state index in [-0.39, 0.29) is 12.1 Å². The highest BCUT2D eigenvalue weighted by Crippen LogP contribution is 2.13. The summed E-state index contributed by atoms with van der Waals surface area (Å²) >= 11 is 0. The van der Waals surface area contributed by atoms with Gasteiger partial charge in [-0.15, -0.1) is 0 Å². The van der Waals surface area contributed by atoms with E-state index in [4.69, 9.17) is 0 Å². The molecule has 0 fully saturated rings. The molecule has 122 valence electrons. The second-order valence-electron chi connectivity index (χ2n) is 4.92. The van der Waals surface area contributed by atoms with Crippen LogP contribution in [0, 0.1) is 5.92 Å². The summed E-state index contributed by atoms with van der Waals surface area (Å²) in [6.45, 7) is 4.01. The van der Waals surface area contributed by atoms with Crippen molar-refractivity contribution in [2.45, 2.75) is 33.1 Å². The summed E-state index contributed by atoms with van der Waals surface area (Å²) in [6, 6.07) is 0. The van der Waals surface area contributed by atoms with Crippen LogP contribution < -0.4 is 5.69 Å². The van der Waals surface area contributed by atoms with Gasteiger partial charge >= 0.3 is 17.9 Å². The van der Waals surface area contributed by atoms with Gasteiger partial charge in [-0.25, -0.2) is 19.0 Å². The third-order valence-corrected chi connectivity index (χ3v) is 3.46. The van der Waals surface area contributed by atoms with Crippen molar-refractivity contribution in [1.29, 1.82) is 0 Å². The molecule has 1 aromatic heterocycles. The van der Waals surface area contributed by atoms with Crippen LogP contribution in [0.25, 0.3) is 0 Å². The monoisotopic (exact) mass is 312 g/mol. The predicted molar refractivity (Wildman–Crippen MR) is 77.3 cm³/mol. The molecule has 8 nitrogen and oxygen atoms in total. The van der Waals surface area contributed by atoms with Crippen LogP contribution in [0.5, 0.6) is 0 Å². The number of hydrogen-bond acceptors (Lipinski definition) is 6. The Morgan fingerprint density at radius 1 is 1.18 bits per heavy atom. The van der Waals surface area contributed by atoms with Crippen LogP contribution in [-0.4, -0.2) is 41.3 Å². The maximum absolute atomic E-state index is 12.2. The number of aromatic nitrogens is 2. The molecule has 0 radical (unpaired) electrons. The zero-order valence-electron chi connectivity index (χ0n) is 13.1. The Kier molecular flexibility index (Phi) is 6.09. The van der Waals surface area contributed by atoms with Crippen molar-refractivity contribution in [3.05, 3.63) is 22.4 Å². The van der Waals surface area contributed by atoms with Crippen molar-refractivity contribution < 1.29 is 23.9 Å². The van der Waals surface area contributed by atoms with Gasteiger partial charge in [-0.2, -0.15) is 4.57 Å². The van der Waals surface area contributed by atoms with Gasteiger partial charge in [0, 0.05) is 12.6 Å². The Morgan fingerprint density at radius 3 is 2.27 bits per heavy atom. The van der Waals surface area contributed by atoms with Gasteiger partial charge in [-0.05, 0) is 12.3 Å². The molecule has 8 heteroatoms. The molecule has 0 aliphatic carbocycles. The highest BCUT2D eigenvalue weighted by Gasteiger charge is 2.25. The van der Waals surface area contributed by atoms with E-state index in [1.165, 1.54) is 0 Å². The Labute approximate surface area is 127 Å². The third kappa shape index (κ3) is 3.63. The van der Waals surface area contributed by atoms with Gasteiger partial charge in [-0.1, -0.05) is 20.3 Å². The summed E-state index contributed by atoms with van der Waals surface area (Å²) in [5.41, 5.74) is -1.18. The lowest BCUT2D eigenvalue weighted by atomic mass is 10.0. The average Bonchev–Trinajstić information content (AvgIpc) is 2.88. The van der Waals surface area contributed by atoms with Gasteiger partial charge < -0.3 is 9.47 Å². The average molecular weight is 312 g/mol. The van der Waals surface area contributed by atoms with Crippen molar-refractivity contribution in [2.75, 3.05) is 14.2 Å². The van der Waals surface area contributed by atoms with Crippen LogP contribution in [0.3, 0.4) is 0 Å². The van der Waals surface area contributed by atoms with Crippen molar-refractivity contribution in [1.82, 2.24) is 9.13 Å². The molecule has 1 atom stereocenters. The van der Waals surface area contributed by atoms with Crippen molar-refractivity contribution in [3.63, 3.8) is 0 Å².